The van der Waals surface area contributed by atoms with Gasteiger partial charge in [0.25, 0.3) is 0 Å². The van der Waals surface area contributed by atoms with Crippen LogP contribution in [-0.2, 0) is 9.22 Å². The zero-order valence-electron chi connectivity index (χ0n) is 17.8. The van der Waals surface area contributed by atoms with Gasteiger partial charge >= 0.3 is 0 Å². The first-order valence-electron chi connectivity index (χ1n) is 10.3. The standard InChI is InChI=1S/C22H40O2Si/c1-16(11-12-17(2)21(3,4)24-25(6,7)8)18-13-14-19-20(23)10-9-15-22(18,19)5/h11-12,16-19H,9-10,13-15H2,1-8H3/b12-11+/t16?,17-,18+,19-,22+/m0/s1. The van der Waals surface area contributed by atoms with Crippen LogP contribution in [0.2, 0.25) is 19.6 Å². The number of carbonyl (C=O) groups excluding carboxylic acids is 1. The van der Waals surface area contributed by atoms with E-state index in [-0.39, 0.29) is 11.0 Å². The molecule has 0 aromatic carbocycles. The van der Waals surface area contributed by atoms with Crippen molar-refractivity contribution in [1.82, 2.24) is 0 Å². The predicted molar refractivity (Wildman–Crippen MR) is 109 cm³/mol. The van der Waals surface area contributed by atoms with Gasteiger partial charge in [0.15, 0.2) is 8.32 Å². The molecule has 2 aliphatic carbocycles. The molecule has 0 aromatic rings. The van der Waals surface area contributed by atoms with Gasteiger partial charge in [-0.05, 0) is 76.4 Å². The molecule has 2 nitrogen and oxygen atoms in total. The third-order valence-corrected chi connectivity index (χ3v) is 8.08. The molecule has 144 valence electrons. The zero-order valence-corrected chi connectivity index (χ0v) is 18.8. The summed E-state index contributed by atoms with van der Waals surface area (Å²) in [5.41, 5.74) is 0.107. The monoisotopic (exact) mass is 364 g/mol. The van der Waals surface area contributed by atoms with E-state index < -0.39 is 8.32 Å². The predicted octanol–water partition coefficient (Wildman–Crippen LogP) is 6.23. The maximum atomic E-state index is 12.3. The lowest BCUT2D eigenvalue weighted by atomic mass is 9.62. The number of hydrogen-bond acceptors (Lipinski definition) is 2. The number of Topliss-reactive ketones (excluding diaryl/α,β-unsaturated/α-hetero) is 1. The highest BCUT2D eigenvalue weighted by molar-refractivity contribution is 6.69. The van der Waals surface area contributed by atoms with E-state index in [2.05, 4.69) is 66.4 Å². The SMILES string of the molecule is CC(/C=C/[C@H](C)C(C)(C)O[Si](C)(C)C)[C@H]1CC[C@H]2C(=O)CCC[C@]12C. The van der Waals surface area contributed by atoms with E-state index in [9.17, 15) is 4.79 Å². The third-order valence-electron chi connectivity index (χ3n) is 6.94. The molecule has 25 heavy (non-hydrogen) atoms. The summed E-state index contributed by atoms with van der Waals surface area (Å²) in [7, 11) is -1.55. The average Bonchev–Trinajstić information content (AvgIpc) is 2.80. The second-order valence-electron chi connectivity index (χ2n) is 10.4. The summed E-state index contributed by atoms with van der Waals surface area (Å²) < 4.78 is 6.41. The van der Waals surface area contributed by atoms with Gasteiger partial charge in [0.05, 0.1) is 5.60 Å². The molecular formula is C22H40O2Si. The minimum atomic E-state index is -1.55. The Morgan fingerprint density at radius 1 is 1.20 bits per heavy atom. The smallest absolute Gasteiger partial charge is 0.184 e. The maximum Gasteiger partial charge on any atom is 0.184 e. The molecule has 0 spiro atoms. The first kappa shape index (κ1) is 20.9. The second kappa shape index (κ2) is 7.30. The molecule has 0 aromatic heterocycles. The van der Waals surface area contributed by atoms with Gasteiger partial charge in [0.1, 0.15) is 5.78 Å². The maximum absolute atomic E-state index is 12.3. The first-order chi connectivity index (χ1) is 11.4. The number of allylic oxidation sites excluding steroid dienone is 1. The molecular weight excluding hydrogens is 324 g/mol. The number of carbonyl (C=O) groups is 1. The minimum Gasteiger partial charge on any atom is -0.412 e. The third kappa shape index (κ3) is 4.66. The Kier molecular flexibility index (Phi) is 6.10. The fourth-order valence-corrected chi connectivity index (χ4v) is 7.19. The van der Waals surface area contributed by atoms with E-state index in [1.54, 1.807) is 0 Å². The van der Waals surface area contributed by atoms with E-state index in [0.717, 1.165) is 19.3 Å². The second-order valence-corrected chi connectivity index (χ2v) is 14.8. The summed E-state index contributed by atoms with van der Waals surface area (Å²) in [5.74, 6) is 2.42. The van der Waals surface area contributed by atoms with Crippen LogP contribution < -0.4 is 0 Å². The first-order valence-corrected chi connectivity index (χ1v) is 13.7. The van der Waals surface area contributed by atoms with Gasteiger partial charge in [-0.25, -0.2) is 0 Å². The van der Waals surface area contributed by atoms with Crippen molar-refractivity contribution in [3.05, 3.63) is 12.2 Å². The fourth-order valence-electron chi connectivity index (χ4n) is 5.42. The van der Waals surface area contributed by atoms with E-state index in [0.29, 0.717) is 29.5 Å². The molecule has 0 bridgehead atoms. The van der Waals surface area contributed by atoms with Crippen LogP contribution >= 0.6 is 0 Å². The van der Waals surface area contributed by atoms with E-state index >= 15 is 0 Å². The Hall–Kier alpha value is -0.413. The van der Waals surface area contributed by atoms with Crippen LogP contribution in [0.25, 0.3) is 0 Å². The van der Waals surface area contributed by atoms with Gasteiger partial charge in [0.2, 0.25) is 0 Å². The summed E-state index contributed by atoms with van der Waals surface area (Å²) >= 11 is 0. The van der Waals surface area contributed by atoms with Crippen molar-refractivity contribution in [3.8, 4) is 0 Å². The largest absolute Gasteiger partial charge is 0.412 e. The van der Waals surface area contributed by atoms with Crippen molar-refractivity contribution < 1.29 is 9.22 Å². The van der Waals surface area contributed by atoms with Gasteiger partial charge in [-0.2, -0.15) is 0 Å². The highest BCUT2D eigenvalue weighted by atomic mass is 28.4. The van der Waals surface area contributed by atoms with Crippen molar-refractivity contribution in [1.29, 1.82) is 0 Å². The van der Waals surface area contributed by atoms with E-state index in [1.807, 2.05) is 0 Å². The molecule has 0 N–H and O–H groups in total. The van der Waals surface area contributed by atoms with Crippen LogP contribution in [0, 0.1) is 29.1 Å². The van der Waals surface area contributed by atoms with Gasteiger partial charge in [-0.15, -0.1) is 0 Å². The molecule has 2 fully saturated rings. The molecule has 0 saturated heterocycles. The molecule has 3 heteroatoms. The van der Waals surface area contributed by atoms with Gasteiger partial charge in [-0.1, -0.05) is 32.9 Å². The molecule has 2 saturated carbocycles. The van der Waals surface area contributed by atoms with Gasteiger partial charge in [-0.3, -0.25) is 4.79 Å². The number of ketones is 1. The Balaban J connectivity index is 2.05. The topological polar surface area (TPSA) is 26.3 Å². The lowest BCUT2D eigenvalue weighted by Crippen LogP contribution is -2.42. The van der Waals surface area contributed by atoms with Crippen LogP contribution in [-0.4, -0.2) is 19.7 Å². The Bertz CT molecular complexity index is 517. The van der Waals surface area contributed by atoms with Crippen LogP contribution in [0.15, 0.2) is 12.2 Å². The van der Waals surface area contributed by atoms with Crippen molar-refractivity contribution in [2.75, 3.05) is 0 Å². The fraction of sp³-hybridized carbons (Fsp3) is 0.864. The van der Waals surface area contributed by atoms with E-state index in [4.69, 9.17) is 4.43 Å². The lowest BCUT2D eigenvalue weighted by Gasteiger charge is -2.42. The minimum absolute atomic E-state index is 0.121. The summed E-state index contributed by atoms with van der Waals surface area (Å²) in [6, 6.07) is 0. The summed E-state index contributed by atoms with van der Waals surface area (Å²) in [5, 5.41) is 0. The number of hydrogen-bond donors (Lipinski definition) is 0. The highest BCUT2D eigenvalue weighted by Crippen LogP contribution is 2.56. The molecule has 1 unspecified atom stereocenters. The van der Waals surface area contributed by atoms with Crippen LogP contribution in [0.4, 0.5) is 0 Å². The van der Waals surface area contributed by atoms with Crippen molar-refractivity contribution in [2.24, 2.45) is 29.1 Å². The average molecular weight is 365 g/mol. The van der Waals surface area contributed by atoms with Crippen LogP contribution in [0.1, 0.15) is 66.7 Å². The van der Waals surface area contributed by atoms with Crippen LogP contribution in [0.3, 0.4) is 0 Å². The summed E-state index contributed by atoms with van der Waals surface area (Å²) in [6.07, 6.45) is 10.2. The number of rotatable bonds is 6. The van der Waals surface area contributed by atoms with Crippen LogP contribution in [0.5, 0.6) is 0 Å². The number of fused-ring (bicyclic) bond motifs is 1. The highest BCUT2D eigenvalue weighted by Gasteiger charge is 2.52. The molecule has 2 rings (SSSR count). The Morgan fingerprint density at radius 2 is 1.84 bits per heavy atom. The van der Waals surface area contributed by atoms with Crippen molar-refractivity contribution in [3.63, 3.8) is 0 Å². The Morgan fingerprint density at radius 3 is 2.44 bits per heavy atom. The van der Waals surface area contributed by atoms with Crippen molar-refractivity contribution in [2.45, 2.75) is 92.0 Å². The van der Waals surface area contributed by atoms with Gasteiger partial charge in [0, 0.05) is 18.3 Å². The zero-order chi connectivity index (χ0) is 19.0. The summed E-state index contributed by atoms with van der Waals surface area (Å²) in [6.45, 7) is 18.2. The van der Waals surface area contributed by atoms with Crippen molar-refractivity contribution >= 4 is 14.1 Å². The molecule has 0 heterocycles. The molecule has 0 radical (unpaired) electrons. The summed E-state index contributed by atoms with van der Waals surface area (Å²) in [4.78, 5) is 12.3. The Labute approximate surface area is 156 Å². The van der Waals surface area contributed by atoms with E-state index in [1.165, 1.54) is 12.8 Å². The molecule has 2 aliphatic rings. The molecule has 0 aliphatic heterocycles. The normalized spacial score (nSPS) is 33.5. The lowest BCUT2D eigenvalue weighted by molar-refractivity contribution is -0.129. The quantitative estimate of drug-likeness (QED) is 0.412. The van der Waals surface area contributed by atoms with Gasteiger partial charge < -0.3 is 4.43 Å². The molecule has 5 atom stereocenters. The molecule has 0 amide bonds.